The summed E-state index contributed by atoms with van der Waals surface area (Å²) in [6, 6.07) is 10.7. The Bertz CT molecular complexity index is 557. The molecule has 0 bridgehead atoms. The third-order valence-electron chi connectivity index (χ3n) is 2.68. The molecule has 0 saturated heterocycles. The number of methoxy groups -OCH3 is 1. The van der Waals surface area contributed by atoms with E-state index in [2.05, 4.69) is 4.98 Å². The Hall–Kier alpha value is -1.58. The predicted octanol–water partition coefficient (Wildman–Crippen LogP) is 3.13. The predicted molar refractivity (Wildman–Crippen MR) is 71.0 cm³/mol. The Morgan fingerprint density at radius 2 is 2.06 bits per heavy atom. The number of aliphatic hydroxyl groups is 1. The maximum atomic E-state index is 10.3. The van der Waals surface area contributed by atoms with Gasteiger partial charge >= 0.3 is 0 Å². The summed E-state index contributed by atoms with van der Waals surface area (Å²) < 4.78 is 5.13. The van der Waals surface area contributed by atoms with Gasteiger partial charge in [-0.2, -0.15) is 0 Å². The molecule has 2 aromatic rings. The number of pyridine rings is 1. The molecule has 0 aliphatic rings. The molecule has 2 rings (SSSR count). The van der Waals surface area contributed by atoms with E-state index in [9.17, 15) is 5.11 Å². The number of ether oxygens (including phenoxy) is 1. The largest absolute Gasteiger partial charge is 0.495 e. The molecule has 4 heteroatoms. The van der Waals surface area contributed by atoms with Crippen molar-refractivity contribution in [3.05, 3.63) is 58.4 Å². The Kier molecular flexibility index (Phi) is 3.84. The fraction of sp³-hybridized carbons (Fsp3) is 0.214. The molecule has 0 aliphatic heterocycles. The molecule has 1 aromatic heterocycles. The van der Waals surface area contributed by atoms with Crippen LogP contribution in [0.2, 0.25) is 5.02 Å². The normalized spacial score (nSPS) is 12.2. The van der Waals surface area contributed by atoms with Crippen LogP contribution < -0.4 is 4.74 Å². The van der Waals surface area contributed by atoms with Gasteiger partial charge in [-0.15, -0.1) is 0 Å². The lowest BCUT2D eigenvalue weighted by atomic mass is 10.1. The van der Waals surface area contributed by atoms with Crippen molar-refractivity contribution in [2.75, 3.05) is 7.11 Å². The van der Waals surface area contributed by atoms with Gasteiger partial charge in [0.15, 0.2) is 0 Å². The molecule has 18 heavy (non-hydrogen) atoms. The lowest BCUT2D eigenvalue weighted by Gasteiger charge is -2.13. The molecule has 94 valence electrons. The molecule has 0 aliphatic carbocycles. The van der Waals surface area contributed by atoms with Gasteiger partial charge in [0, 0.05) is 5.69 Å². The monoisotopic (exact) mass is 263 g/mol. The summed E-state index contributed by atoms with van der Waals surface area (Å²) in [5.74, 6) is 0.542. The van der Waals surface area contributed by atoms with Crippen molar-refractivity contribution in [3.8, 4) is 5.75 Å². The second-order valence-electron chi connectivity index (χ2n) is 4.00. The summed E-state index contributed by atoms with van der Waals surface area (Å²) in [6.07, 6.45) is -0.781. The summed E-state index contributed by atoms with van der Waals surface area (Å²) in [5.41, 5.74) is 2.18. The van der Waals surface area contributed by atoms with E-state index in [1.807, 2.05) is 19.1 Å². The van der Waals surface area contributed by atoms with Gasteiger partial charge in [0.2, 0.25) is 0 Å². The summed E-state index contributed by atoms with van der Waals surface area (Å²) >= 11 is 5.95. The summed E-state index contributed by atoms with van der Waals surface area (Å²) in [5, 5.41) is 10.8. The van der Waals surface area contributed by atoms with Crippen LogP contribution in [0.15, 0.2) is 36.4 Å². The average molecular weight is 264 g/mol. The smallest absolute Gasteiger partial charge is 0.137 e. The van der Waals surface area contributed by atoms with Crippen molar-refractivity contribution >= 4 is 11.6 Å². The molecule has 0 radical (unpaired) electrons. The van der Waals surface area contributed by atoms with E-state index in [1.165, 1.54) is 0 Å². The van der Waals surface area contributed by atoms with Crippen LogP contribution in [-0.4, -0.2) is 17.2 Å². The quantitative estimate of drug-likeness (QED) is 0.925. The Morgan fingerprint density at radius 3 is 2.72 bits per heavy atom. The topological polar surface area (TPSA) is 42.4 Å². The maximum Gasteiger partial charge on any atom is 0.137 e. The van der Waals surface area contributed by atoms with Crippen LogP contribution in [0, 0.1) is 6.92 Å². The highest BCUT2D eigenvalue weighted by Crippen LogP contribution is 2.29. The first kappa shape index (κ1) is 12.9. The van der Waals surface area contributed by atoms with Crippen molar-refractivity contribution in [1.82, 2.24) is 4.98 Å². The highest BCUT2D eigenvalue weighted by atomic mass is 35.5. The van der Waals surface area contributed by atoms with Crippen LogP contribution in [0.3, 0.4) is 0 Å². The molecule has 1 heterocycles. The van der Waals surface area contributed by atoms with Gasteiger partial charge in [0.25, 0.3) is 0 Å². The standard InChI is InChI=1S/C14H14ClNO2/c1-9-4-3-5-12(16-9)14(17)10-6-7-11(15)13(8-10)18-2/h3-8,14,17H,1-2H3. The minimum Gasteiger partial charge on any atom is -0.495 e. The first-order valence-corrected chi connectivity index (χ1v) is 5.94. The van der Waals surface area contributed by atoms with Gasteiger partial charge in [-0.1, -0.05) is 23.7 Å². The van der Waals surface area contributed by atoms with Crippen molar-refractivity contribution < 1.29 is 9.84 Å². The molecule has 0 amide bonds. The van der Waals surface area contributed by atoms with Crippen LogP contribution in [0.4, 0.5) is 0 Å². The SMILES string of the molecule is COc1cc(C(O)c2cccc(C)n2)ccc1Cl. The number of halogens is 1. The Morgan fingerprint density at radius 1 is 1.28 bits per heavy atom. The zero-order valence-corrected chi connectivity index (χ0v) is 11.0. The van der Waals surface area contributed by atoms with Crippen molar-refractivity contribution in [1.29, 1.82) is 0 Å². The van der Waals surface area contributed by atoms with Crippen molar-refractivity contribution in [3.63, 3.8) is 0 Å². The fourth-order valence-electron chi connectivity index (χ4n) is 1.73. The number of aryl methyl sites for hydroxylation is 1. The Balaban J connectivity index is 2.36. The number of aromatic nitrogens is 1. The van der Waals surface area contributed by atoms with Crippen LogP contribution in [0.1, 0.15) is 23.1 Å². The summed E-state index contributed by atoms with van der Waals surface area (Å²) in [7, 11) is 1.54. The molecule has 0 saturated carbocycles. The lowest BCUT2D eigenvalue weighted by Crippen LogP contribution is -2.03. The number of rotatable bonds is 3. The van der Waals surface area contributed by atoms with E-state index in [0.717, 1.165) is 5.69 Å². The first-order chi connectivity index (χ1) is 8.61. The highest BCUT2D eigenvalue weighted by molar-refractivity contribution is 6.32. The zero-order valence-electron chi connectivity index (χ0n) is 10.2. The minimum atomic E-state index is -0.781. The van der Waals surface area contributed by atoms with E-state index in [4.69, 9.17) is 16.3 Å². The molecule has 0 fully saturated rings. The number of hydrogen-bond donors (Lipinski definition) is 1. The summed E-state index contributed by atoms with van der Waals surface area (Å²) in [4.78, 5) is 4.30. The van der Waals surface area contributed by atoms with Crippen molar-refractivity contribution in [2.24, 2.45) is 0 Å². The van der Waals surface area contributed by atoms with E-state index in [-0.39, 0.29) is 0 Å². The molecular formula is C14H14ClNO2. The maximum absolute atomic E-state index is 10.3. The van der Waals surface area contributed by atoms with Crippen LogP contribution in [-0.2, 0) is 0 Å². The van der Waals surface area contributed by atoms with Gasteiger partial charge in [0.05, 0.1) is 17.8 Å². The third kappa shape index (κ3) is 2.63. The molecule has 1 N–H and O–H groups in total. The second kappa shape index (κ2) is 5.38. The molecule has 1 aromatic carbocycles. The second-order valence-corrected chi connectivity index (χ2v) is 4.41. The Labute approximate surface area is 111 Å². The van der Waals surface area contributed by atoms with E-state index in [1.54, 1.807) is 31.4 Å². The van der Waals surface area contributed by atoms with Crippen LogP contribution in [0.5, 0.6) is 5.75 Å². The molecule has 1 atom stereocenters. The van der Waals surface area contributed by atoms with E-state index >= 15 is 0 Å². The number of benzene rings is 1. The number of nitrogens with zero attached hydrogens (tertiary/aromatic N) is 1. The van der Waals surface area contributed by atoms with Gasteiger partial charge in [-0.25, -0.2) is 0 Å². The third-order valence-corrected chi connectivity index (χ3v) is 2.99. The number of hydrogen-bond acceptors (Lipinski definition) is 3. The molecule has 1 unspecified atom stereocenters. The van der Waals surface area contributed by atoms with Gasteiger partial charge in [-0.3, -0.25) is 4.98 Å². The zero-order chi connectivity index (χ0) is 13.1. The van der Waals surface area contributed by atoms with Crippen LogP contribution in [0.25, 0.3) is 0 Å². The van der Waals surface area contributed by atoms with Crippen LogP contribution >= 0.6 is 11.6 Å². The van der Waals surface area contributed by atoms with E-state index in [0.29, 0.717) is 22.0 Å². The molecule has 3 nitrogen and oxygen atoms in total. The average Bonchev–Trinajstić information content (AvgIpc) is 2.38. The van der Waals surface area contributed by atoms with Gasteiger partial charge < -0.3 is 9.84 Å². The van der Waals surface area contributed by atoms with Gasteiger partial charge in [-0.05, 0) is 36.8 Å². The first-order valence-electron chi connectivity index (χ1n) is 5.57. The van der Waals surface area contributed by atoms with Gasteiger partial charge in [0.1, 0.15) is 11.9 Å². The molecular weight excluding hydrogens is 250 g/mol. The highest BCUT2D eigenvalue weighted by Gasteiger charge is 2.14. The summed E-state index contributed by atoms with van der Waals surface area (Å²) in [6.45, 7) is 1.89. The lowest BCUT2D eigenvalue weighted by molar-refractivity contribution is 0.214. The molecule has 0 spiro atoms. The van der Waals surface area contributed by atoms with E-state index < -0.39 is 6.10 Å². The van der Waals surface area contributed by atoms with Crippen molar-refractivity contribution in [2.45, 2.75) is 13.0 Å². The fourth-order valence-corrected chi connectivity index (χ4v) is 1.93. The number of aliphatic hydroxyl groups excluding tert-OH is 1. The minimum absolute atomic E-state index is 0.519.